The third-order valence-electron chi connectivity index (χ3n) is 4.55. The van der Waals surface area contributed by atoms with Crippen LogP contribution in [0.1, 0.15) is 23.1 Å². The first kappa shape index (κ1) is 18.4. The van der Waals surface area contributed by atoms with Crippen molar-refractivity contribution in [3.8, 4) is 17.6 Å². The summed E-state index contributed by atoms with van der Waals surface area (Å²) in [6.07, 6.45) is 0.464. The van der Waals surface area contributed by atoms with E-state index in [9.17, 15) is 17.6 Å². The number of hydrogen-bond acceptors (Lipinski definition) is 7. The first-order valence-electron chi connectivity index (χ1n) is 8.15. The summed E-state index contributed by atoms with van der Waals surface area (Å²) in [6, 6.07) is 7.93. The molecule has 0 amide bonds. The number of nitrogens with zero attached hydrogens (tertiary/aromatic N) is 1. The van der Waals surface area contributed by atoms with E-state index in [0.717, 1.165) is 12.1 Å². The predicted molar refractivity (Wildman–Crippen MR) is 91.0 cm³/mol. The van der Waals surface area contributed by atoms with Gasteiger partial charge in [0.2, 0.25) is 15.8 Å². The van der Waals surface area contributed by atoms with Gasteiger partial charge >= 0.3 is 5.97 Å². The molecule has 0 radical (unpaired) electrons. The lowest BCUT2D eigenvalue weighted by Gasteiger charge is -2.24. The Morgan fingerprint density at radius 1 is 1.29 bits per heavy atom. The van der Waals surface area contributed by atoms with Crippen LogP contribution >= 0.6 is 0 Å². The van der Waals surface area contributed by atoms with Crippen molar-refractivity contribution in [3.05, 3.63) is 52.8 Å². The van der Waals surface area contributed by atoms with Crippen LogP contribution in [0, 0.1) is 17.1 Å². The summed E-state index contributed by atoms with van der Waals surface area (Å²) in [5.74, 6) is -2.54. The van der Waals surface area contributed by atoms with Crippen LogP contribution in [-0.2, 0) is 36.5 Å². The predicted octanol–water partition coefficient (Wildman–Crippen LogP) is 1.81. The molecular formula is C18H13FN2O6S. The van der Waals surface area contributed by atoms with E-state index in [4.69, 9.17) is 24.6 Å². The fourth-order valence-electron chi connectivity index (χ4n) is 3.50. The minimum absolute atomic E-state index is 0.0624. The average molecular weight is 404 g/mol. The van der Waals surface area contributed by atoms with Gasteiger partial charge in [-0.05, 0) is 30.7 Å². The third kappa shape index (κ3) is 2.99. The van der Waals surface area contributed by atoms with E-state index in [2.05, 4.69) is 0 Å². The van der Waals surface area contributed by atoms with E-state index in [1.54, 1.807) is 0 Å². The molecule has 1 heterocycles. The molecule has 28 heavy (non-hydrogen) atoms. The number of halogens is 1. The van der Waals surface area contributed by atoms with Gasteiger partial charge in [0.15, 0.2) is 0 Å². The average Bonchev–Trinajstić information content (AvgIpc) is 3.18. The molecule has 2 aromatic carbocycles. The van der Waals surface area contributed by atoms with Gasteiger partial charge in [-0.2, -0.15) is 5.26 Å². The van der Waals surface area contributed by atoms with Crippen molar-refractivity contribution in [1.82, 2.24) is 0 Å². The Morgan fingerprint density at radius 3 is 2.71 bits per heavy atom. The van der Waals surface area contributed by atoms with Gasteiger partial charge in [-0.25, -0.2) is 22.7 Å². The van der Waals surface area contributed by atoms with Crippen LogP contribution in [0.5, 0.6) is 11.5 Å². The number of ether oxygens (including phenoxy) is 3. The summed E-state index contributed by atoms with van der Waals surface area (Å²) in [5, 5.41) is 14.3. The minimum atomic E-state index is -4.15. The van der Waals surface area contributed by atoms with Crippen molar-refractivity contribution >= 4 is 16.0 Å². The molecule has 2 N–H and O–H groups in total. The fraction of sp³-hybridized carbons (Fsp3) is 0.222. The number of carbonyl (C=O) groups is 1. The van der Waals surface area contributed by atoms with Crippen molar-refractivity contribution in [1.29, 1.82) is 5.26 Å². The topological polar surface area (TPSA) is 129 Å². The van der Waals surface area contributed by atoms with E-state index in [0.29, 0.717) is 5.56 Å². The monoisotopic (exact) mass is 404 g/mol. The quantitative estimate of drug-likeness (QED) is 0.773. The molecule has 1 aliphatic heterocycles. The Morgan fingerprint density at radius 2 is 2.07 bits per heavy atom. The van der Waals surface area contributed by atoms with Gasteiger partial charge in [-0.3, -0.25) is 0 Å². The number of primary sulfonamides is 1. The van der Waals surface area contributed by atoms with Gasteiger partial charge < -0.3 is 14.2 Å². The van der Waals surface area contributed by atoms with Gasteiger partial charge in [0.25, 0.3) is 0 Å². The molecule has 0 bridgehead atoms. The van der Waals surface area contributed by atoms with Crippen molar-refractivity contribution < 1.29 is 31.8 Å². The first-order chi connectivity index (χ1) is 13.2. The van der Waals surface area contributed by atoms with Crippen LogP contribution in [0.25, 0.3) is 0 Å². The maximum absolute atomic E-state index is 13.7. The molecule has 1 unspecified atom stereocenters. The summed E-state index contributed by atoms with van der Waals surface area (Å²) in [6.45, 7) is -0.315. The molecular weight excluding hydrogens is 391 g/mol. The van der Waals surface area contributed by atoms with Gasteiger partial charge in [0.05, 0.1) is 22.1 Å². The summed E-state index contributed by atoms with van der Waals surface area (Å²) < 4.78 is 54.3. The molecule has 1 aliphatic carbocycles. The maximum atomic E-state index is 13.7. The highest BCUT2D eigenvalue weighted by Gasteiger charge is 2.52. The molecule has 1 saturated heterocycles. The molecule has 0 saturated carbocycles. The van der Waals surface area contributed by atoms with E-state index in [-0.39, 0.29) is 47.0 Å². The highest BCUT2D eigenvalue weighted by molar-refractivity contribution is 7.89. The second-order valence-corrected chi connectivity index (χ2v) is 7.90. The van der Waals surface area contributed by atoms with E-state index < -0.39 is 27.6 Å². The molecule has 144 valence electrons. The molecule has 2 aliphatic rings. The molecule has 1 fully saturated rings. The lowest BCUT2D eigenvalue weighted by Crippen LogP contribution is -2.28. The van der Waals surface area contributed by atoms with Crippen LogP contribution in [0.3, 0.4) is 0 Å². The van der Waals surface area contributed by atoms with Gasteiger partial charge in [0, 0.05) is 18.1 Å². The highest BCUT2D eigenvalue weighted by Crippen LogP contribution is 2.50. The SMILES string of the molecule is N#Cc1cc(F)cc(Oc2ccc(S(N)(=O)=O)c3c2CCC32OCC(=O)O2)c1. The zero-order chi connectivity index (χ0) is 20.1. The largest absolute Gasteiger partial charge is 0.457 e. The minimum Gasteiger partial charge on any atom is -0.457 e. The molecule has 4 rings (SSSR count). The normalized spacial score (nSPS) is 20.7. The molecule has 1 spiro atoms. The Labute approximate surface area is 159 Å². The number of carbonyl (C=O) groups excluding carboxylic acids is 1. The number of nitriles is 1. The maximum Gasteiger partial charge on any atom is 0.335 e. The highest BCUT2D eigenvalue weighted by atomic mass is 32.2. The second kappa shape index (κ2) is 6.27. The number of benzene rings is 2. The smallest absolute Gasteiger partial charge is 0.335 e. The summed E-state index contributed by atoms with van der Waals surface area (Å²) in [7, 11) is -4.15. The van der Waals surface area contributed by atoms with Gasteiger partial charge in [-0.15, -0.1) is 0 Å². The number of esters is 1. The molecule has 1 atom stereocenters. The molecule has 2 aromatic rings. The lowest BCUT2D eigenvalue weighted by atomic mass is 10.1. The first-order valence-corrected chi connectivity index (χ1v) is 9.70. The summed E-state index contributed by atoms with van der Waals surface area (Å²) in [5.41, 5.74) is 0.594. The van der Waals surface area contributed by atoms with Crippen molar-refractivity contribution in [3.63, 3.8) is 0 Å². The molecule has 8 nitrogen and oxygen atoms in total. The summed E-state index contributed by atoms with van der Waals surface area (Å²) >= 11 is 0. The number of hydrogen-bond donors (Lipinski definition) is 1. The van der Waals surface area contributed by atoms with Crippen molar-refractivity contribution in [2.45, 2.75) is 23.5 Å². The van der Waals surface area contributed by atoms with Gasteiger partial charge in [-0.1, -0.05) is 0 Å². The van der Waals surface area contributed by atoms with Crippen molar-refractivity contribution in [2.75, 3.05) is 6.61 Å². The Hall–Kier alpha value is -3.00. The van der Waals surface area contributed by atoms with E-state index >= 15 is 0 Å². The van der Waals surface area contributed by atoms with Crippen LogP contribution < -0.4 is 9.88 Å². The standard InChI is InChI=1S/C18H13FN2O6S/c19-11-5-10(8-20)6-12(7-11)26-14-1-2-15(28(21,23)24)17-13(14)3-4-18(17)25-9-16(22)27-18/h1-2,5-7H,3-4,9H2,(H2,21,23,24). The molecule has 0 aromatic heterocycles. The van der Waals surface area contributed by atoms with Crippen molar-refractivity contribution in [2.24, 2.45) is 5.14 Å². The third-order valence-corrected chi connectivity index (χ3v) is 5.51. The number of rotatable bonds is 3. The molecule has 10 heteroatoms. The number of sulfonamides is 1. The van der Waals surface area contributed by atoms with Gasteiger partial charge in [0.1, 0.15) is 23.9 Å². The zero-order valence-electron chi connectivity index (χ0n) is 14.3. The zero-order valence-corrected chi connectivity index (χ0v) is 15.1. The lowest BCUT2D eigenvalue weighted by molar-refractivity contribution is -0.178. The Kier molecular flexibility index (Phi) is 4.11. The summed E-state index contributed by atoms with van der Waals surface area (Å²) in [4.78, 5) is 11.4. The van der Waals surface area contributed by atoms with E-state index in [1.165, 1.54) is 18.2 Å². The van der Waals surface area contributed by atoms with Crippen LogP contribution in [-0.4, -0.2) is 21.0 Å². The van der Waals surface area contributed by atoms with E-state index in [1.807, 2.05) is 6.07 Å². The number of nitrogens with two attached hydrogens (primary N) is 1. The number of fused-ring (bicyclic) bond motifs is 2. The Balaban J connectivity index is 1.85. The van der Waals surface area contributed by atoms with Crippen LogP contribution in [0.2, 0.25) is 0 Å². The second-order valence-electron chi connectivity index (χ2n) is 6.37. The van der Waals surface area contributed by atoms with Crippen LogP contribution in [0.15, 0.2) is 35.2 Å². The van der Waals surface area contributed by atoms with Crippen LogP contribution in [0.4, 0.5) is 4.39 Å². The Bertz CT molecular complexity index is 1160. The fourth-order valence-corrected chi connectivity index (χ4v) is 4.32.